The fourth-order valence-corrected chi connectivity index (χ4v) is 3.95. The van der Waals surface area contributed by atoms with Gasteiger partial charge in [0.05, 0.1) is 5.56 Å². The normalized spacial score (nSPS) is 15.0. The monoisotopic (exact) mass is 394 g/mol. The summed E-state index contributed by atoms with van der Waals surface area (Å²) in [5.74, 6) is 0.585. The molecule has 1 aromatic heterocycles. The van der Waals surface area contributed by atoms with Crippen LogP contribution in [0, 0.1) is 0 Å². The minimum absolute atomic E-state index is 0.250. The third-order valence-corrected chi connectivity index (χ3v) is 5.52. The lowest BCUT2D eigenvalue weighted by Gasteiger charge is -2.27. The molecule has 29 heavy (non-hydrogen) atoms. The number of aromatic nitrogens is 2. The van der Waals surface area contributed by atoms with Crippen LogP contribution >= 0.6 is 0 Å². The van der Waals surface area contributed by atoms with Gasteiger partial charge in [-0.05, 0) is 18.4 Å². The van der Waals surface area contributed by atoms with Crippen LogP contribution in [0.4, 0.5) is 5.82 Å². The summed E-state index contributed by atoms with van der Waals surface area (Å²) in [4.78, 5) is 32.4. The van der Waals surface area contributed by atoms with E-state index in [1.165, 1.54) is 30.9 Å². The van der Waals surface area contributed by atoms with Gasteiger partial charge in [0.1, 0.15) is 5.82 Å². The highest BCUT2D eigenvalue weighted by Crippen LogP contribution is 2.21. The first-order chi connectivity index (χ1) is 14.0. The predicted molar refractivity (Wildman–Crippen MR) is 119 cm³/mol. The molecular formula is C23H30N4O2. The van der Waals surface area contributed by atoms with Crippen molar-refractivity contribution < 1.29 is 0 Å². The van der Waals surface area contributed by atoms with Crippen molar-refractivity contribution in [1.82, 2.24) is 9.13 Å². The van der Waals surface area contributed by atoms with Crippen LogP contribution in [0.1, 0.15) is 43.2 Å². The molecule has 0 atom stereocenters. The van der Waals surface area contributed by atoms with Crippen LogP contribution < -0.4 is 16.1 Å². The zero-order valence-electron chi connectivity index (χ0n) is 17.4. The van der Waals surface area contributed by atoms with E-state index >= 15 is 0 Å². The predicted octanol–water partition coefficient (Wildman–Crippen LogP) is 3.03. The first-order valence-corrected chi connectivity index (χ1v) is 10.3. The summed E-state index contributed by atoms with van der Waals surface area (Å²) >= 11 is 0. The van der Waals surface area contributed by atoms with Crippen molar-refractivity contribution in [2.24, 2.45) is 19.1 Å². The summed E-state index contributed by atoms with van der Waals surface area (Å²) in [7, 11) is 3.22. The first-order valence-electron chi connectivity index (χ1n) is 10.3. The second kappa shape index (κ2) is 9.54. The van der Waals surface area contributed by atoms with Crippen LogP contribution in [0.5, 0.6) is 0 Å². The lowest BCUT2D eigenvalue weighted by Crippen LogP contribution is -2.43. The molecule has 1 fully saturated rings. The Labute approximate surface area is 171 Å². The molecule has 0 unspecified atom stereocenters. The molecule has 0 N–H and O–H groups in total. The maximum absolute atomic E-state index is 13.0. The Bertz CT molecular complexity index is 982. The molecule has 154 valence electrons. The van der Waals surface area contributed by atoms with Crippen LogP contribution in [-0.2, 0) is 20.6 Å². The summed E-state index contributed by atoms with van der Waals surface area (Å²) < 4.78 is 2.69. The summed E-state index contributed by atoms with van der Waals surface area (Å²) in [6.45, 7) is 4.94. The molecule has 1 saturated carbocycles. The number of anilines is 1. The Kier molecular flexibility index (Phi) is 6.86. The Morgan fingerprint density at radius 2 is 1.79 bits per heavy atom. The van der Waals surface area contributed by atoms with E-state index < -0.39 is 0 Å². The fraction of sp³-hybridized carbons (Fsp3) is 0.435. The van der Waals surface area contributed by atoms with Gasteiger partial charge in [-0.25, -0.2) is 4.79 Å². The van der Waals surface area contributed by atoms with E-state index in [4.69, 9.17) is 4.99 Å². The molecule has 6 heteroatoms. The second-order valence-electron chi connectivity index (χ2n) is 7.67. The molecule has 3 rings (SSSR count). The Hall–Kier alpha value is -2.89. The van der Waals surface area contributed by atoms with E-state index in [-0.39, 0.29) is 17.3 Å². The molecule has 1 aromatic carbocycles. The Balaban J connectivity index is 2.08. The highest BCUT2D eigenvalue weighted by atomic mass is 16.2. The minimum atomic E-state index is -0.345. The molecule has 2 aromatic rings. The third-order valence-electron chi connectivity index (χ3n) is 5.52. The second-order valence-corrected chi connectivity index (χ2v) is 7.67. The van der Waals surface area contributed by atoms with Gasteiger partial charge in [0, 0.05) is 39.4 Å². The number of aliphatic imine (C=N–C) groups is 1. The lowest BCUT2D eigenvalue weighted by molar-refractivity contribution is 0.444. The summed E-state index contributed by atoms with van der Waals surface area (Å²) in [5, 5.41) is 0. The molecule has 0 amide bonds. The van der Waals surface area contributed by atoms with Crippen molar-refractivity contribution in [3.8, 4) is 0 Å². The number of benzene rings is 1. The standard InChI is InChI=1S/C23H30N4O2/c1-4-15-27(17-18-11-7-5-8-12-18)21-20(16-24-19-13-9-6-10-14-19)22(28)26(3)23(29)25(21)2/h4-5,7-8,11-12,16,19H,1,6,9-10,13-15,17H2,2-3H3. The van der Waals surface area contributed by atoms with Gasteiger partial charge in [0.2, 0.25) is 0 Å². The van der Waals surface area contributed by atoms with Gasteiger partial charge in [0.15, 0.2) is 0 Å². The Morgan fingerprint density at radius 3 is 2.45 bits per heavy atom. The quantitative estimate of drug-likeness (QED) is 0.536. The number of nitrogens with zero attached hydrogens (tertiary/aromatic N) is 4. The molecule has 1 aliphatic carbocycles. The van der Waals surface area contributed by atoms with E-state index in [9.17, 15) is 9.59 Å². The molecule has 0 aliphatic heterocycles. The van der Waals surface area contributed by atoms with Crippen molar-refractivity contribution in [1.29, 1.82) is 0 Å². The van der Waals surface area contributed by atoms with Gasteiger partial charge < -0.3 is 4.90 Å². The van der Waals surface area contributed by atoms with Crippen molar-refractivity contribution >= 4 is 12.0 Å². The molecule has 1 aliphatic rings. The summed E-state index contributed by atoms with van der Waals surface area (Å²) in [6.07, 6.45) is 9.19. The molecule has 6 nitrogen and oxygen atoms in total. The van der Waals surface area contributed by atoms with Crippen molar-refractivity contribution in [3.05, 3.63) is 75.0 Å². The average Bonchev–Trinajstić information content (AvgIpc) is 2.75. The van der Waals surface area contributed by atoms with Crippen LogP contribution in [0.25, 0.3) is 0 Å². The number of rotatable bonds is 7. The molecule has 0 bridgehead atoms. The lowest BCUT2D eigenvalue weighted by atomic mass is 9.96. The number of hydrogen-bond donors (Lipinski definition) is 0. The molecule has 0 radical (unpaired) electrons. The average molecular weight is 395 g/mol. The Morgan fingerprint density at radius 1 is 1.10 bits per heavy atom. The van der Waals surface area contributed by atoms with Crippen LogP contribution in [0.3, 0.4) is 0 Å². The first kappa shape index (κ1) is 20.8. The van der Waals surface area contributed by atoms with Crippen LogP contribution in [-0.4, -0.2) is 27.9 Å². The van der Waals surface area contributed by atoms with E-state index in [1.54, 1.807) is 19.3 Å². The minimum Gasteiger partial charge on any atom is -0.349 e. The third kappa shape index (κ3) is 4.75. The summed E-state index contributed by atoms with van der Waals surface area (Å²) in [5.41, 5.74) is 0.891. The van der Waals surface area contributed by atoms with Crippen LogP contribution in [0.2, 0.25) is 0 Å². The highest BCUT2D eigenvalue weighted by Gasteiger charge is 2.20. The van der Waals surface area contributed by atoms with Gasteiger partial charge in [-0.3, -0.25) is 18.9 Å². The number of hydrogen-bond acceptors (Lipinski definition) is 4. The van der Waals surface area contributed by atoms with E-state index in [1.807, 2.05) is 35.2 Å². The van der Waals surface area contributed by atoms with E-state index in [0.717, 1.165) is 23.0 Å². The van der Waals surface area contributed by atoms with Gasteiger partial charge in [0.25, 0.3) is 5.56 Å². The zero-order chi connectivity index (χ0) is 20.8. The smallest absolute Gasteiger partial charge is 0.332 e. The van der Waals surface area contributed by atoms with E-state index in [0.29, 0.717) is 24.5 Å². The van der Waals surface area contributed by atoms with Gasteiger partial charge in [-0.1, -0.05) is 55.7 Å². The maximum Gasteiger partial charge on any atom is 0.332 e. The van der Waals surface area contributed by atoms with Crippen molar-refractivity contribution in [2.45, 2.75) is 44.7 Å². The fourth-order valence-electron chi connectivity index (χ4n) is 3.95. The molecule has 0 spiro atoms. The molecule has 1 heterocycles. The topological polar surface area (TPSA) is 59.6 Å². The molecular weight excluding hydrogens is 364 g/mol. The largest absolute Gasteiger partial charge is 0.349 e. The van der Waals surface area contributed by atoms with Crippen LogP contribution in [0.15, 0.2) is 57.6 Å². The van der Waals surface area contributed by atoms with Crippen molar-refractivity contribution in [3.63, 3.8) is 0 Å². The van der Waals surface area contributed by atoms with E-state index in [2.05, 4.69) is 6.58 Å². The van der Waals surface area contributed by atoms with Gasteiger partial charge in [-0.15, -0.1) is 6.58 Å². The zero-order valence-corrected chi connectivity index (χ0v) is 17.4. The molecule has 0 saturated heterocycles. The summed E-state index contributed by atoms with van der Waals surface area (Å²) in [6, 6.07) is 10.2. The van der Waals surface area contributed by atoms with Gasteiger partial charge in [-0.2, -0.15) is 0 Å². The highest BCUT2D eigenvalue weighted by molar-refractivity contribution is 5.86. The van der Waals surface area contributed by atoms with Crippen molar-refractivity contribution in [2.75, 3.05) is 11.4 Å². The maximum atomic E-state index is 13.0. The SMILES string of the molecule is C=CCN(Cc1ccccc1)c1c(C=NC2CCCCC2)c(=O)n(C)c(=O)n1C. The van der Waals surface area contributed by atoms with Gasteiger partial charge >= 0.3 is 5.69 Å².